The molecular weight excluding hydrogens is 340 g/mol. The molecule has 104 valence electrons. The minimum absolute atomic E-state index is 0.240. The summed E-state index contributed by atoms with van der Waals surface area (Å²) in [6.07, 6.45) is 0.934. The Hall–Kier alpha value is -1.66. The van der Waals surface area contributed by atoms with Crippen LogP contribution in [0.4, 0.5) is 5.69 Å². The van der Waals surface area contributed by atoms with E-state index in [0.717, 1.165) is 15.0 Å². The summed E-state index contributed by atoms with van der Waals surface area (Å²) in [4.78, 5) is 18.0. The number of hydrogen-bond donors (Lipinski definition) is 1. The fourth-order valence-electron chi connectivity index (χ4n) is 1.36. The Morgan fingerprint density at radius 2 is 2.15 bits per heavy atom. The van der Waals surface area contributed by atoms with Crippen LogP contribution in [0.1, 0.15) is 11.8 Å². The molecule has 1 atom stereocenters. The van der Waals surface area contributed by atoms with E-state index < -0.39 is 6.10 Å². The summed E-state index contributed by atoms with van der Waals surface area (Å²) in [5.74, 6) is -0.240. The average Bonchev–Trinajstić information content (AvgIpc) is 2.94. The van der Waals surface area contributed by atoms with Crippen molar-refractivity contribution in [2.24, 2.45) is 5.16 Å². The third kappa shape index (κ3) is 4.47. The molecule has 0 aliphatic heterocycles. The number of nitrogens with zero attached hydrogens (tertiary/aromatic N) is 1. The topological polar surface area (TPSA) is 50.7 Å². The molecule has 0 fully saturated rings. The van der Waals surface area contributed by atoms with Crippen LogP contribution >= 0.6 is 27.3 Å². The molecule has 1 aromatic heterocycles. The molecule has 1 aromatic carbocycles. The van der Waals surface area contributed by atoms with Gasteiger partial charge in [0, 0.05) is 15.0 Å². The molecule has 6 heteroatoms. The number of anilines is 1. The predicted molar refractivity (Wildman–Crippen MR) is 85.2 cm³/mol. The lowest BCUT2D eigenvalue weighted by molar-refractivity contribution is -0.126. The van der Waals surface area contributed by atoms with Crippen LogP contribution in [0.25, 0.3) is 0 Å². The first-order chi connectivity index (χ1) is 9.65. The molecule has 2 aromatic rings. The Morgan fingerprint density at radius 1 is 1.40 bits per heavy atom. The van der Waals surface area contributed by atoms with Crippen LogP contribution in [-0.2, 0) is 9.63 Å². The van der Waals surface area contributed by atoms with Gasteiger partial charge in [-0.15, -0.1) is 11.3 Å². The fraction of sp³-hybridized carbons (Fsp3) is 0.143. The molecule has 1 heterocycles. The molecule has 0 aliphatic carbocycles. The minimum Gasteiger partial charge on any atom is -0.383 e. The normalized spacial score (nSPS) is 12.3. The number of thiophene rings is 1. The van der Waals surface area contributed by atoms with Gasteiger partial charge in [-0.25, -0.2) is 0 Å². The number of nitrogens with one attached hydrogen (secondary N) is 1. The maximum Gasteiger partial charge on any atom is 0.267 e. The molecule has 4 nitrogen and oxygen atoms in total. The molecule has 20 heavy (non-hydrogen) atoms. The van der Waals surface area contributed by atoms with Crippen LogP contribution < -0.4 is 5.32 Å². The van der Waals surface area contributed by atoms with Gasteiger partial charge in [0.2, 0.25) is 6.10 Å². The molecule has 1 N–H and O–H groups in total. The number of rotatable bonds is 5. The molecule has 0 spiro atoms. The van der Waals surface area contributed by atoms with Crippen LogP contribution in [-0.4, -0.2) is 18.2 Å². The van der Waals surface area contributed by atoms with E-state index in [9.17, 15) is 4.79 Å². The molecule has 0 aliphatic rings. The molecule has 2 rings (SSSR count). The second-order valence-electron chi connectivity index (χ2n) is 3.99. The summed E-state index contributed by atoms with van der Waals surface area (Å²) < 4.78 is 0.959. The largest absolute Gasteiger partial charge is 0.383 e. The first-order valence-electron chi connectivity index (χ1n) is 5.94. The number of oxime groups is 1. The molecule has 0 radical (unpaired) electrons. The van der Waals surface area contributed by atoms with E-state index in [4.69, 9.17) is 4.84 Å². The standard InChI is InChI=1S/C14H13BrN2O2S/c1-10(19-16-9-13-3-2-8-20-13)14(18)17-12-6-4-11(15)5-7-12/h2-10H,1H3,(H,17,18)/b16-9-/t10-/m1/s1. The van der Waals surface area contributed by atoms with Crippen molar-refractivity contribution in [1.82, 2.24) is 0 Å². The van der Waals surface area contributed by atoms with Crippen LogP contribution in [0, 0.1) is 0 Å². The van der Waals surface area contributed by atoms with E-state index in [1.807, 2.05) is 41.8 Å². The van der Waals surface area contributed by atoms with E-state index >= 15 is 0 Å². The number of benzene rings is 1. The van der Waals surface area contributed by atoms with E-state index in [1.165, 1.54) is 0 Å². The van der Waals surface area contributed by atoms with Gasteiger partial charge < -0.3 is 10.2 Å². The molecule has 1 amide bonds. The lowest BCUT2D eigenvalue weighted by atomic mass is 10.3. The summed E-state index contributed by atoms with van der Waals surface area (Å²) in [7, 11) is 0. The van der Waals surface area contributed by atoms with Crippen molar-refractivity contribution in [2.45, 2.75) is 13.0 Å². The van der Waals surface area contributed by atoms with Crippen LogP contribution in [0.2, 0.25) is 0 Å². The first kappa shape index (κ1) is 14.7. The van der Waals surface area contributed by atoms with Gasteiger partial charge in [0.05, 0.1) is 6.21 Å². The van der Waals surface area contributed by atoms with Crippen molar-refractivity contribution >= 4 is 45.1 Å². The highest BCUT2D eigenvalue weighted by Gasteiger charge is 2.13. The monoisotopic (exact) mass is 352 g/mol. The van der Waals surface area contributed by atoms with Crippen LogP contribution in [0.5, 0.6) is 0 Å². The molecule has 0 unspecified atom stereocenters. The first-order valence-corrected chi connectivity index (χ1v) is 7.61. The summed E-state index contributed by atoms with van der Waals surface area (Å²) in [6.45, 7) is 1.65. The van der Waals surface area contributed by atoms with E-state index in [2.05, 4.69) is 26.4 Å². The second kappa shape index (κ2) is 7.21. The van der Waals surface area contributed by atoms with E-state index in [1.54, 1.807) is 24.5 Å². The third-order valence-corrected chi connectivity index (χ3v) is 3.76. The van der Waals surface area contributed by atoms with Gasteiger partial charge in [-0.05, 0) is 42.6 Å². The average molecular weight is 353 g/mol. The lowest BCUT2D eigenvalue weighted by Crippen LogP contribution is -2.26. The lowest BCUT2D eigenvalue weighted by Gasteiger charge is -2.10. The quantitative estimate of drug-likeness (QED) is 0.655. The maximum atomic E-state index is 11.9. The van der Waals surface area contributed by atoms with Crippen LogP contribution in [0.3, 0.4) is 0 Å². The highest BCUT2D eigenvalue weighted by Crippen LogP contribution is 2.14. The SMILES string of the molecule is C[C@@H](O/N=C\c1cccs1)C(=O)Nc1ccc(Br)cc1. The smallest absolute Gasteiger partial charge is 0.267 e. The molecular formula is C14H13BrN2O2S. The van der Waals surface area contributed by atoms with Crippen molar-refractivity contribution in [2.75, 3.05) is 5.32 Å². The Morgan fingerprint density at radius 3 is 2.80 bits per heavy atom. The summed E-state index contributed by atoms with van der Waals surface area (Å²) in [5, 5.41) is 8.51. The van der Waals surface area contributed by atoms with Gasteiger partial charge in [0.15, 0.2) is 0 Å². The molecule has 0 bridgehead atoms. The van der Waals surface area contributed by atoms with Crippen molar-refractivity contribution in [3.63, 3.8) is 0 Å². The van der Waals surface area contributed by atoms with Crippen molar-refractivity contribution < 1.29 is 9.63 Å². The Labute approximate surface area is 129 Å². The molecule has 0 saturated heterocycles. The summed E-state index contributed by atoms with van der Waals surface area (Å²) >= 11 is 4.89. The fourth-order valence-corrected chi connectivity index (χ4v) is 2.20. The number of amides is 1. The van der Waals surface area contributed by atoms with Gasteiger partial charge in [0.1, 0.15) is 0 Å². The number of carbonyl (C=O) groups excluding carboxylic acids is 1. The highest BCUT2D eigenvalue weighted by atomic mass is 79.9. The highest BCUT2D eigenvalue weighted by molar-refractivity contribution is 9.10. The number of halogens is 1. The Balaban J connectivity index is 1.84. The second-order valence-corrected chi connectivity index (χ2v) is 5.89. The van der Waals surface area contributed by atoms with E-state index in [0.29, 0.717) is 0 Å². The van der Waals surface area contributed by atoms with E-state index in [-0.39, 0.29) is 5.91 Å². The third-order valence-electron chi connectivity index (χ3n) is 2.42. The zero-order chi connectivity index (χ0) is 14.4. The summed E-state index contributed by atoms with van der Waals surface area (Å²) in [5.41, 5.74) is 0.718. The zero-order valence-electron chi connectivity index (χ0n) is 10.7. The number of carbonyl (C=O) groups is 1. The van der Waals surface area contributed by atoms with Crippen LogP contribution in [0.15, 0.2) is 51.4 Å². The van der Waals surface area contributed by atoms with Gasteiger partial charge in [-0.3, -0.25) is 4.79 Å². The van der Waals surface area contributed by atoms with Gasteiger partial charge >= 0.3 is 0 Å². The number of hydrogen-bond acceptors (Lipinski definition) is 4. The van der Waals surface area contributed by atoms with Gasteiger partial charge in [0.25, 0.3) is 5.91 Å². The minimum atomic E-state index is -0.658. The van der Waals surface area contributed by atoms with Crippen molar-refractivity contribution in [3.8, 4) is 0 Å². The Bertz CT molecular complexity index is 582. The Kier molecular flexibility index (Phi) is 5.31. The zero-order valence-corrected chi connectivity index (χ0v) is 13.1. The molecule has 0 saturated carbocycles. The maximum absolute atomic E-state index is 11.9. The van der Waals surface area contributed by atoms with Gasteiger partial charge in [-0.1, -0.05) is 27.2 Å². The van der Waals surface area contributed by atoms with Crippen molar-refractivity contribution in [1.29, 1.82) is 0 Å². The van der Waals surface area contributed by atoms with Crippen molar-refractivity contribution in [3.05, 3.63) is 51.1 Å². The predicted octanol–water partition coefficient (Wildman–Crippen LogP) is 3.89. The summed E-state index contributed by atoms with van der Waals surface area (Å²) in [6, 6.07) is 11.2. The van der Waals surface area contributed by atoms with Gasteiger partial charge in [-0.2, -0.15) is 0 Å².